The van der Waals surface area contributed by atoms with Gasteiger partial charge in [-0.15, -0.1) is 0 Å². The molecule has 140 valence electrons. The van der Waals surface area contributed by atoms with Crippen LogP contribution < -0.4 is 5.32 Å². The Labute approximate surface area is 150 Å². The van der Waals surface area contributed by atoms with Gasteiger partial charge in [0.05, 0.1) is 0 Å². The molecule has 4 unspecified atom stereocenters. The smallest absolute Gasteiger partial charge is 0.410 e. The van der Waals surface area contributed by atoms with Crippen LogP contribution in [-0.2, 0) is 4.74 Å². The first-order valence-corrected chi connectivity index (χ1v) is 9.87. The third kappa shape index (κ3) is 3.20. The van der Waals surface area contributed by atoms with Gasteiger partial charge in [-0.25, -0.2) is 9.59 Å². The molecule has 2 heterocycles. The van der Waals surface area contributed by atoms with Crippen LogP contribution in [0, 0.1) is 17.8 Å². The number of carbonyl (C=O) groups excluding carboxylic acids is 2. The Balaban J connectivity index is 1.23. The molecule has 2 aliphatic heterocycles. The second kappa shape index (κ2) is 6.06. The summed E-state index contributed by atoms with van der Waals surface area (Å²) in [4.78, 5) is 28.6. The summed E-state index contributed by atoms with van der Waals surface area (Å²) in [5.74, 6) is 2.41. The maximum Gasteiger partial charge on any atom is 0.410 e. The molecule has 0 aromatic rings. The Morgan fingerprint density at radius 3 is 2.36 bits per heavy atom. The molecule has 6 heteroatoms. The van der Waals surface area contributed by atoms with Gasteiger partial charge in [0.25, 0.3) is 0 Å². The van der Waals surface area contributed by atoms with E-state index < -0.39 is 5.60 Å². The summed E-state index contributed by atoms with van der Waals surface area (Å²) >= 11 is 0. The highest BCUT2D eigenvalue weighted by molar-refractivity contribution is 5.76. The van der Waals surface area contributed by atoms with Gasteiger partial charge in [0.1, 0.15) is 5.60 Å². The standard InChI is InChI=1S/C19H31N3O3/c1-19(2,3)25-18(24)21-8-6-14(7-9-21)20-17(23)22-11-15-12-4-5-13(10-12)16(15)22/h12-16H,4-11H2,1-3H3,(H,20,23). The summed E-state index contributed by atoms with van der Waals surface area (Å²) in [6.45, 7) is 7.90. The second-order valence-corrected chi connectivity index (χ2v) is 9.33. The Bertz CT molecular complexity index is 549. The number of nitrogens with zero attached hydrogens (tertiary/aromatic N) is 2. The molecular weight excluding hydrogens is 318 g/mol. The number of fused-ring (bicyclic) bond motifs is 5. The number of amides is 3. The van der Waals surface area contributed by atoms with Crippen LogP contribution in [0.1, 0.15) is 52.9 Å². The molecule has 4 rings (SSSR count). The van der Waals surface area contributed by atoms with Crippen molar-refractivity contribution in [2.45, 2.75) is 70.6 Å². The fourth-order valence-electron chi connectivity index (χ4n) is 5.34. The minimum absolute atomic E-state index is 0.115. The Morgan fingerprint density at radius 1 is 1.04 bits per heavy atom. The number of carbonyl (C=O) groups is 2. The Hall–Kier alpha value is -1.46. The van der Waals surface area contributed by atoms with Gasteiger partial charge in [0.15, 0.2) is 0 Å². The fourth-order valence-corrected chi connectivity index (χ4v) is 5.34. The first-order valence-electron chi connectivity index (χ1n) is 9.87. The maximum absolute atomic E-state index is 12.6. The molecule has 0 aromatic carbocycles. The predicted octanol–water partition coefficient (Wildman–Crippen LogP) is 2.83. The summed E-state index contributed by atoms with van der Waals surface area (Å²) in [6.07, 6.45) is 5.39. The normalized spacial score (nSPS) is 34.5. The molecule has 4 fully saturated rings. The number of nitrogens with one attached hydrogen (secondary N) is 1. The largest absolute Gasteiger partial charge is 0.444 e. The van der Waals surface area contributed by atoms with E-state index in [1.165, 1.54) is 19.3 Å². The molecule has 2 saturated heterocycles. The van der Waals surface area contributed by atoms with E-state index in [2.05, 4.69) is 10.2 Å². The van der Waals surface area contributed by atoms with Crippen LogP contribution in [0.4, 0.5) is 9.59 Å². The third-order valence-corrected chi connectivity index (χ3v) is 6.54. The lowest BCUT2D eigenvalue weighted by Crippen LogP contribution is -2.64. The van der Waals surface area contributed by atoms with Crippen LogP contribution >= 0.6 is 0 Å². The summed E-state index contributed by atoms with van der Waals surface area (Å²) in [7, 11) is 0. The number of hydrogen-bond acceptors (Lipinski definition) is 3. The summed E-state index contributed by atoms with van der Waals surface area (Å²) in [5, 5.41) is 3.21. The minimum atomic E-state index is -0.461. The minimum Gasteiger partial charge on any atom is -0.444 e. The molecule has 2 aliphatic carbocycles. The van der Waals surface area contributed by atoms with E-state index in [1.807, 2.05) is 20.8 Å². The van der Waals surface area contributed by atoms with Gasteiger partial charge >= 0.3 is 12.1 Å². The van der Waals surface area contributed by atoms with Gasteiger partial charge in [-0.05, 0) is 64.7 Å². The van der Waals surface area contributed by atoms with Crippen molar-refractivity contribution in [1.82, 2.24) is 15.1 Å². The fraction of sp³-hybridized carbons (Fsp3) is 0.895. The molecule has 6 nitrogen and oxygen atoms in total. The van der Waals surface area contributed by atoms with Crippen molar-refractivity contribution in [3.05, 3.63) is 0 Å². The van der Waals surface area contributed by atoms with Gasteiger partial charge in [0.2, 0.25) is 0 Å². The number of urea groups is 1. The lowest BCUT2D eigenvalue weighted by Gasteiger charge is -2.50. The van der Waals surface area contributed by atoms with Crippen molar-refractivity contribution in [2.75, 3.05) is 19.6 Å². The van der Waals surface area contributed by atoms with E-state index >= 15 is 0 Å². The molecule has 4 aliphatic rings. The monoisotopic (exact) mass is 349 g/mol. The molecule has 2 saturated carbocycles. The highest BCUT2D eigenvalue weighted by atomic mass is 16.6. The van der Waals surface area contributed by atoms with Crippen LogP contribution in [0.5, 0.6) is 0 Å². The highest BCUT2D eigenvalue weighted by Gasteiger charge is 2.57. The molecule has 25 heavy (non-hydrogen) atoms. The number of ether oxygens (including phenoxy) is 1. The topological polar surface area (TPSA) is 61.9 Å². The van der Waals surface area contributed by atoms with Crippen molar-refractivity contribution in [1.29, 1.82) is 0 Å². The van der Waals surface area contributed by atoms with Gasteiger partial charge in [0, 0.05) is 37.6 Å². The first-order chi connectivity index (χ1) is 11.8. The van der Waals surface area contributed by atoms with E-state index in [9.17, 15) is 9.59 Å². The first kappa shape index (κ1) is 17.0. The van der Waals surface area contributed by atoms with E-state index in [0.717, 1.165) is 37.1 Å². The lowest BCUT2D eigenvalue weighted by molar-refractivity contribution is 0.00862. The quantitative estimate of drug-likeness (QED) is 0.792. The zero-order valence-electron chi connectivity index (χ0n) is 15.7. The zero-order valence-corrected chi connectivity index (χ0v) is 15.7. The van der Waals surface area contributed by atoms with Crippen molar-refractivity contribution in [2.24, 2.45) is 17.8 Å². The summed E-state index contributed by atoms with van der Waals surface area (Å²) in [6, 6.07) is 0.800. The van der Waals surface area contributed by atoms with E-state index in [4.69, 9.17) is 4.74 Å². The molecular formula is C19H31N3O3. The SMILES string of the molecule is CC(C)(C)OC(=O)N1CCC(NC(=O)N2CC3C4CCC(C4)C32)CC1. The summed E-state index contributed by atoms with van der Waals surface area (Å²) < 4.78 is 5.43. The van der Waals surface area contributed by atoms with Crippen LogP contribution in [0.2, 0.25) is 0 Å². The van der Waals surface area contributed by atoms with E-state index in [1.54, 1.807) is 4.90 Å². The predicted molar refractivity (Wildman–Crippen MR) is 94.2 cm³/mol. The van der Waals surface area contributed by atoms with Crippen molar-refractivity contribution < 1.29 is 14.3 Å². The van der Waals surface area contributed by atoms with Crippen LogP contribution in [0.25, 0.3) is 0 Å². The number of rotatable bonds is 1. The molecule has 3 amide bonds. The molecule has 1 N–H and O–H groups in total. The van der Waals surface area contributed by atoms with Crippen LogP contribution in [-0.4, -0.2) is 59.2 Å². The number of likely N-dealkylation sites (tertiary alicyclic amines) is 2. The zero-order chi connectivity index (χ0) is 17.8. The third-order valence-electron chi connectivity index (χ3n) is 6.54. The molecule has 0 radical (unpaired) electrons. The summed E-state index contributed by atoms with van der Waals surface area (Å²) in [5.41, 5.74) is -0.461. The average Bonchev–Trinajstić information content (AvgIpc) is 3.02. The second-order valence-electron chi connectivity index (χ2n) is 9.33. The van der Waals surface area contributed by atoms with Crippen molar-refractivity contribution in [3.63, 3.8) is 0 Å². The van der Waals surface area contributed by atoms with Gasteiger partial charge in [-0.3, -0.25) is 0 Å². The lowest BCUT2D eigenvalue weighted by atomic mass is 9.77. The highest BCUT2D eigenvalue weighted by Crippen LogP contribution is 2.55. The molecule has 0 spiro atoms. The maximum atomic E-state index is 12.6. The van der Waals surface area contributed by atoms with Gasteiger partial charge in [-0.1, -0.05) is 0 Å². The van der Waals surface area contributed by atoms with Crippen LogP contribution in [0.3, 0.4) is 0 Å². The Morgan fingerprint density at radius 2 is 1.72 bits per heavy atom. The molecule has 2 bridgehead atoms. The Kier molecular flexibility index (Phi) is 4.12. The van der Waals surface area contributed by atoms with E-state index in [-0.39, 0.29) is 18.2 Å². The van der Waals surface area contributed by atoms with E-state index in [0.29, 0.717) is 19.1 Å². The van der Waals surface area contributed by atoms with Gasteiger partial charge < -0.3 is 19.9 Å². The number of hydrogen-bond donors (Lipinski definition) is 1. The van der Waals surface area contributed by atoms with Crippen molar-refractivity contribution >= 4 is 12.1 Å². The molecule has 0 aromatic heterocycles. The van der Waals surface area contributed by atoms with Crippen molar-refractivity contribution in [3.8, 4) is 0 Å². The average molecular weight is 349 g/mol. The van der Waals surface area contributed by atoms with Crippen LogP contribution in [0.15, 0.2) is 0 Å². The molecule has 4 atom stereocenters. The number of piperidine rings is 1. The van der Waals surface area contributed by atoms with Gasteiger partial charge in [-0.2, -0.15) is 0 Å².